The molecule has 4 aromatic rings. The lowest BCUT2D eigenvalue weighted by molar-refractivity contribution is -0.707. The Labute approximate surface area is 181 Å². The average Bonchev–Trinajstić information content (AvgIpc) is 3.10. The van der Waals surface area contributed by atoms with Crippen molar-refractivity contribution in [3.63, 3.8) is 0 Å². The van der Waals surface area contributed by atoms with Crippen LogP contribution in [0.3, 0.4) is 0 Å². The van der Waals surface area contributed by atoms with E-state index in [1.54, 1.807) is 0 Å². The highest BCUT2D eigenvalue weighted by molar-refractivity contribution is 6.31. The summed E-state index contributed by atoms with van der Waals surface area (Å²) in [7, 11) is 2.08. The van der Waals surface area contributed by atoms with Crippen LogP contribution in [-0.2, 0) is 13.5 Å². The van der Waals surface area contributed by atoms with Crippen LogP contribution in [-0.4, -0.2) is 10.4 Å². The molecule has 0 bridgehead atoms. The van der Waals surface area contributed by atoms with Crippen molar-refractivity contribution in [2.24, 2.45) is 7.05 Å². The summed E-state index contributed by atoms with van der Waals surface area (Å²) in [6.45, 7) is 2.25. The van der Waals surface area contributed by atoms with E-state index in [1.165, 1.54) is 16.5 Å². The topological polar surface area (TPSA) is 25.9 Å². The Hall–Kier alpha value is -2.91. The first-order valence-electron chi connectivity index (χ1n) is 10.4. The zero-order valence-electron chi connectivity index (χ0n) is 17.2. The Balaban J connectivity index is 1.54. The molecule has 150 valence electrons. The van der Waals surface area contributed by atoms with Gasteiger partial charge >= 0.3 is 0 Å². The second-order valence-corrected chi connectivity index (χ2v) is 8.68. The molecule has 2 unspecified atom stereocenters. The molecule has 1 aliphatic carbocycles. The lowest BCUT2D eigenvalue weighted by Crippen LogP contribution is -2.45. The van der Waals surface area contributed by atoms with Gasteiger partial charge in [0.25, 0.3) is 0 Å². The van der Waals surface area contributed by atoms with Crippen molar-refractivity contribution in [2.75, 3.05) is 0 Å². The molecule has 2 atom stereocenters. The van der Waals surface area contributed by atoms with Gasteiger partial charge in [0.2, 0.25) is 11.8 Å². The van der Waals surface area contributed by atoms with Gasteiger partial charge in [0.05, 0.1) is 0 Å². The van der Waals surface area contributed by atoms with Gasteiger partial charge in [0, 0.05) is 47.6 Å². The van der Waals surface area contributed by atoms with Crippen molar-refractivity contribution in [1.82, 2.24) is 4.57 Å². The van der Waals surface area contributed by atoms with Gasteiger partial charge in [-0.2, -0.15) is 4.57 Å². The SMILES string of the molecule is CC(c1ccccc1)c1cn(C)c2c[n+](C3CCc4ccc(Cl)cc4C3=O)ccc12. The molecule has 0 N–H and O–H groups in total. The summed E-state index contributed by atoms with van der Waals surface area (Å²) in [6, 6.07) is 18.2. The molecule has 2 aromatic carbocycles. The first-order chi connectivity index (χ1) is 14.5. The Kier molecular flexibility index (Phi) is 4.71. The maximum absolute atomic E-state index is 13.2. The van der Waals surface area contributed by atoms with Crippen LogP contribution in [0.4, 0.5) is 0 Å². The molecule has 0 spiro atoms. The summed E-state index contributed by atoms with van der Waals surface area (Å²) < 4.78 is 4.24. The van der Waals surface area contributed by atoms with E-state index in [1.807, 2.05) is 18.2 Å². The van der Waals surface area contributed by atoms with Crippen LogP contribution in [0.25, 0.3) is 10.9 Å². The first-order valence-corrected chi connectivity index (χ1v) is 10.8. The van der Waals surface area contributed by atoms with Crippen molar-refractivity contribution < 1.29 is 9.36 Å². The number of halogens is 1. The Morgan fingerprint density at radius 2 is 1.93 bits per heavy atom. The maximum atomic E-state index is 13.2. The normalized spacial score (nSPS) is 17.2. The molecule has 0 amide bonds. The lowest BCUT2D eigenvalue weighted by Gasteiger charge is -2.20. The predicted octanol–water partition coefficient (Wildman–Crippen LogP) is 5.64. The predicted molar refractivity (Wildman–Crippen MR) is 120 cm³/mol. The molecular weight excluding hydrogens is 392 g/mol. The maximum Gasteiger partial charge on any atom is 0.230 e. The monoisotopic (exact) mass is 415 g/mol. The number of carbonyl (C=O) groups is 1. The number of pyridine rings is 1. The van der Waals surface area contributed by atoms with Crippen LogP contribution in [0.5, 0.6) is 0 Å². The van der Waals surface area contributed by atoms with Crippen molar-refractivity contribution in [3.8, 4) is 0 Å². The summed E-state index contributed by atoms with van der Waals surface area (Å²) in [5, 5.41) is 1.85. The highest BCUT2D eigenvalue weighted by Crippen LogP contribution is 2.32. The van der Waals surface area contributed by atoms with Gasteiger partial charge in [-0.1, -0.05) is 54.9 Å². The molecule has 1 aliphatic rings. The number of Topliss-reactive ketones (excluding diaryl/α,β-unsaturated/α-hetero) is 1. The van der Waals surface area contributed by atoms with Crippen LogP contribution in [0, 0.1) is 0 Å². The number of rotatable bonds is 3. The zero-order valence-corrected chi connectivity index (χ0v) is 17.9. The second-order valence-electron chi connectivity index (χ2n) is 8.24. The fraction of sp³-hybridized carbons (Fsp3) is 0.231. The summed E-state index contributed by atoms with van der Waals surface area (Å²) in [5.41, 5.74) is 5.60. The van der Waals surface area contributed by atoms with Crippen LogP contribution in [0.15, 0.2) is 73.2 Å². The summed E-state index contributed by atoms with van der Waals surface area (Å²) in [6.07, 6.45) is 8.08. The fourth-order valence-corrected chi connectivity index (χ4v) is 4.89. The minimum Gasteiger partial charge on any atom is -0.345 e. The largest absolute Gasteiger partial charge is 0.345 e. The highest BCUT2D eigenvalue weighted by Gasteiger charge is 2.34. The van der Waals surface area contributed by atoms with Crippen LogP contribution in [0.2, 0.25) is 5.02 Å². The van der Waals surface area contributed by atoms with Gasteiger partial charge in [-0.3, -0.25) is 4.79 Å². The van der Waals surface area contributed by atoms with E-state index in [0.29, 0.717) is 10.9 Å². The van der Waals surface area contributed by atoms with E-state index < -0.39 is 0 Å². The molecule has 0 saturated heterocycles. The number of ketones is 1. The van der Waals surface area contributed by atoms with E-state index in [-0.39, 0.29) is 11.8 Å². The minimum atomic E-state index is -0.190. The molecule has 0 radical (unpaired) electrons. The van der Waals surface area contributed by atoms with Gasteiger partial charge < -0.3 is 4.57 Å². The average molecular weight is 416 g/mol. The number of aromatic nitrogens is 2. The van der Waals surface area contributed by atoms with E-state index in [4.69, 9.17) is 11.6 Å². The van der Waals surface area contributed by atoms with Gasteiger partial charge in [0.15, 0.2) is 12.4 Å². The van der Waals surface area contributed by atoms with Crippen molar-refractivity contribution in [3.05, 3.63) is 100 Å². The molecule has 3 nitrogen and oxygen atoms in total. The number of carbonyl (C=O) groups excluding carboxylic acids is 1. The number of aryl methyl sites for hydroxylation is 2. The smallest absolute Gasteiger partial charge is 0.230 e. The molecular formula is C26H24ClN2O+. The van der Waals surface area contributed by atoms with Crippen LogP contribution in [0.1, 0.15) is 52.4 Å². The summed E-state index contributed by atoms with van der Waals surface area (Å²) in [5.74, 6) is 0.450. The van der Waals surface area contributed by atoms with Gasteiger partial charge in [-0.15, -0.1) is 0 Å². The van der Waals surface area contributed by atoms with E-state index in [0.717, 1.165) is 29.5 Å². The minimum absolute atomic E-state index is 0.148. The molecule has 5 rings (SSSR count). The molecule has 0 aliphatic heterocycles. The fourth-order valence-electron chi connectivity index (χ4n) is 4.72. The third-order valence-corrected chi connectivity index (χ3v) is 6.67. The van der Waals surface area contributed by atoms with Gasteiger partial charge in [-0.25, -0.2) is 0 Å². The van der Waals surface area contributed by atoms with Crippen molar-refractivity contribution in [2.45, 2.75) is 31.7 Å². The van der Waals surface area contributed by atoms with Gasteiger partial charge in [-0.05, 0) is 35.2 Å². The third-order valence-electron chi connectivity index (χ3n) is 6.44. The first kappa shape index (κ1) is 19.1. The van der Waals surface area contributed by atoms with Crippen molar-refractivity contribution in [1.29, 1.82) is 0 Å². The molecule has 30 heavy (non-hydrogen) atoms. The zero-order chi connectivity index (χ0) is 20.8. The molecule has 2 aromatic heterocycles. The molecule has 0 saturated carbocycles. The number of benzene rings is 2. The summed E-state index contributed by atoms with van der Waals surface area (Å²) in [4.78, 5) is 13.2. The molecule has 4 heteroatoms. The van der Waals surface area contributed by atoms with Crippen LogP contribution < -0.4 is 4.57 Å². The lowest BCUT2D eigenvalue weighted by atomic mass is 9.87. The number of hydrogen-bond donors (Lipinski definition) is 0. The third kappa shape index (κ3) is 3.14. The van der Waals surface area contributed by atoms with E-state index in [9.17, 15) is 4.79 Å². The van der Waals surface area contributed by atoms with E-state index in [2.05, 4.69) is 78.1 Å². The quantitative estimate of drug-likeness (QED) is 0.397. The van der Waals surface area contributed by atoms with Gasteiger partial charge in [0.1, 0.15) is 5.52 Å². The number of nitrogens with zero attached hydrogens (tertiary/aromatic N) is 2. The number of hydrogen-bond acceptors (Lipinski definition) is 1. The van der Waals surface area contributed by atoms with E-state index >= 15 is 0 Å². The molecule has 0 fully saturated rings. The van der Waals surface area contributed by atoms with Crippen LogP contribution >= 0.6 is 11.6 Å². The standard InChI is InChI=1S/C26H24ClN2O/c1-17(18-6-4-3-5-7-18)23-15-28(2)25-16-29(13-12-21(23)25)24-11-9-19-8-10-20(27)14-22(19)26(24)30/h3-8,10,12-17,24H,9,11H2,1-2H3/q+1. The van der Waals surface area contributed by atoms with Crippen molar-refractivity contribution >= 4 is 28.3 Å². The summed E-state index contributed by atoms with van der Waals surface area (Å²) >= 11 is 6.16. The Bertz CT molecular complexity index is 1260. The second kappa shape index (κ2) is 7.41. The Morgan fingerprint density at radius 3 is 2.73 bits per heavy atom. The highest BCUT2D eigenvalue weighted by atomic mass is 35.5. The molecule has 2 heterocycles. The number of fused-ring (bicyclic) bond motifs is 2. The Morgan fingerprint density at radius 1 is 1.13 bits per heavy atom.